The third-order valence-corrected chi connectivity index (χ3v) is 3.80. The molecule has 0 aliphatic carbocycles. The maximum Gasteiger partial charge on any atom is 0.417 e. The van der Waals surface area contributed by atoms with Gasteiger partial charge < -0.3 is 10.5 Å². The standard InChI is InChI=1S/C14H16F3NO2/c15-14(16,17)11-4-2-1-3-10(11)12(19)13(9-18)5-7-20-8-6-13/h1-4H,5-9,18H2. The third-order valence-electron chi connectivity index (χ3n) is 3.80. The zero-order valence-corrected chi connectivity index (χ0v) is 10.9. The summed E-state index contributed by atoms with van der Waals surface area (Å²) in [5, 5.41) is 0. The maximum atomic E-state index is 13.0. The van der Waals surface area contributed by atoms with Crippen molar-refractivity contribution in [2.24, 2.45) is 11.1 Å². The van der Waals surface area contributed by atoms with Gasteiger partial charge in [-0.05, 0) is 18.9 Å². The molecule has 1 heterocycles. The van der Waals surface area contributed by atoms with Gasteiger partial charge in [-0.1, -0.05) is 18.2 Å². The molecule has 0 radical (unpaired) electrons. The van der Waals surface area contributed by atoms with Gasteiger partial charge in [0.1, 0.15) is 0 Å². The van der Waals surface area contributed by atoms with Crippen LogP contribution in [0.3, 0.4) is 0 Å². The first-order valence-corrected chi connectivity index (χ1v) is 6.39. The summed E-state index contributed by atoms with van der Waals surface area (Å²) in [6.07, 6.45) is -3.84. The van der Waals surface area contributed by atoms with Crippen molar-refractivity contribution in [1.29, 1.82) is 0 Å². The van der Waals surface area contributed by atoms with Gasteiger partial charge in [-0.2, -0.15) is 13.2 Å². The van der Waals surface area contributed by atoms with Crippen LogP contribution in [0.25, 0.3) is 0 Å². The first kappa shape index (κ1) is 15.0. The van der Waals surface area contributed by atoms with Crippen LogP contribution in [0.1, 0.15) is 28.8 Å². The van der Waals surface area contributed by atoms with Crippen LogP contribution in [0.2, 0.25) is 0 Å². The second kappa shape index (κ2) is 5.54. The highest BCUT2D eigenvalue weighted by molar-refractivity contribution is 6.02. The van der Waals surface area contributed by atoms with E-state index in [-0.39, 0.29) is 12.1 Å². The van der Waals surface area contributed by atoms with Gasteiger partial charge in [0, 0.05) is 25.3 Å². The lowest BCUT2D eigenvalue weighted by atomic mass is 9.73. The highest BCUT2D eigenvalue weighted by Crippen LogP contribution is 2.38. The SMILES string of the molecule is NCC1(C(=O)c2ccccc2C(F)(F)F)CCOCC1. The highest BCUT2D eigenvalue weighted by Gasteiger charge is 2.43. The molecule has 0 saturated carbocycles. The van der Waals surface area contributed by atoms with Crippen LogP contribution in [-0.4, -0.2) is 25.5 Å². The summed E-state index contributed by atoms with van der Waals surface area (Å²) >= 11 is 0. The molecule has 0 unspecified atom stereocenters. The number of nitrogens with two attached hydrogens (primary N) is 1. The molecule has 0 spiro atoms. The van der Waals surface area contributed by atoms with Crippen molar-refractivity contribution in [2.75, 3.05) is 19.8 Å². The Morgan fingerprint density at radius 2 is 1.85 bits per heavy atom. The second-order valence-corrected chi connectivity index (χ2v) is 4.97. The van der Waals surface area contributed by atoms with E-state index in [2.05, 4.69) is 0 Å². The number of benzene rings is 1. The summed E-state index contributed by atoms with van der Waals surface area (Å²) in [5.74, 6) is -0.531. The van der Waals surface area contributed by atoms with E-state index in [0.29, 0.717) is 26.1 Å². The van der Waals surface area contributed by atoms with Gasteiger partial charge in [0.25, 0.3) is 0 Å². The molecule has 1 aromatic rings. The number of carbonyl (C=O) groups excluding carboxylic acids is 1. The Balaban J connectivity index is 2.43. The molecule has 110 valence electrons. The number of carbonyl (C=O) groups is 1. The molecular weight excluding hydrogens is 271 g/mol. The highest BCUT2D eigenvalue weighted by atomic mass is 19.4. The molecular formula is C14H16F3NO2. The van der Waals surface area contributed by atoms with Crippen LogP contribution in [0.4, 0.5) is 13.2 Å². The van der Waals surface area contributed by atoms with E-state index in [9.17, 15) is 18.0 Å². The zero-order chi connectivity index (χ0) is 14.8. The Labute approximate surface area is 114 Å². The van der Waals surface area contributed by atoms with Crippen LogP contribution >= 0.6 is 0 Å². The molecule has 3 nitrogen and oxygen atoms in total. The summed E-state index contributed by atoms with van der Waals surface area (Å²) in [4.78, 5) is 12.6. The molecule has 1 aliphatic rings. The maximum absolute atomic E-state index is 13.0. The topological polar surface area (TPSA) is 52.3 Å². The number of alkyl halides is 3. The fourth-order valence-corrected chi connectivity index (χ4v) is 2.50. The lowest BCUT2D eigenvalue weighted by molar-refractivity contribution is -0.138. The molecule has 1 fully saturated rings. The average molecular weight is 287 g/mol. The monoisotopic (exact) mass is 287 g/mol. The largest absolute Gasteiger partial charge is 0.417 e. The number of hydrogen-bond donors (Lipinski definition) is 1. The van der Waals surface area contributed by atoms with Crippen molar-refractivity contribution in [3.63, 3.8) is 0 Å². The lowest BCUT2D eigenvalue weighted by Gasteiger charge is -2.35. The van der Waals surface area contributed by atoms with Crippen molar-refractivity contribution >= 4 is 5.78 Å². The van der Waals surface area contributed by atoms with Gasteiger partial charge in [0.15, 0.2) is 5.78 Å². The normalized spacial score (nSPS) is 18.8. The first-order chi connectivity index (χ1) is 9.41. The lowest BCUT2D eigenvalue weighted by Crippen LogP contribution is -2.44. The van der Waals surface area contributed by atoms with Gasteiger partial charge in [-0.15, -0.1) is 0 Å². The van der Waals surface area contributed by atoms with Gasteiger partial charge in [-0.25, -0.2) is 0 Å². The Hall–Kier alpha value is -1.40. The number of ether oxygens (including phenoxy) is 1. The molecule has 1 aliphatic heterocycles. The molecule has 6 heteroatoms. The fraction of sp³-hybridized carbons (Fsp3) is 0.500. The van der Waals surface area contributed by atoms with Crippen LogP contribution in [0, 0.1) is 5.41 Å². The minimum Gasteiger partial charge on any atom is -0.381 e. The van der Waals surface area contributed by atoms with E-state index in [0.717, 1.165) is 6.07 Å². The van der Waals surface area contributed by atoms with Crippen molar-refractivity contribution in [2.45, 2.75) is 19.0 Å². The molecule has 0 atom stereocenters. The van der Waals surface area contributed by atoms with Gasteiger partial charge in [0.05, 0.1) is 11.0 Å². The van der Waals surface area contributed by atoms with E-state index in [4.69, 9.17) is 10.5 Å². The average Bonchev–Trinajstić information content (AvgIpc) is 2.46. The smallest absolute Gasteiger partial charge is 0.381 e. The van der Waals surface area contributed by atoms with E-state index in [1.807, 2.05) is 0 Å². The first-order valence-electron chi connectivity index (χ1n) is 6.39. The van der Waals surface area contributed by atoms with Crippen LogP contribution in [-0.2, 0) is 10.9 Å². The van der Waals surface area contributed by atoms with Crippen molar-refractivity contribution in [3.05, 3.63) is 35.4 Å². The third kappa shape index (κ3) is 2.71. The molecule has 0 aromatic heterocycles. The number of rotatable bonds is 3. The summed E-state index contributed by atoms with van der Waals surface area (Å²) in [7, 11) is 0. The van der Waals surface area contributed by atoms with Crippen LogP contribution in [0.15, 0.2) is 24.3 Å². The van der Waals surface area contributed by atoms with Gasteiger partial charge in [-0.3, -0.25) is 4.79 Å². The quantitative estimate of drug-likeness (QED) is 0.870. The van der Waals surface area contributed by atoms with Crippen molar-refractivity contribution in [3.8, 4) is 0 Å². The summed E-state index contributed by atoms with van der Waals surface area (Å²) in [5.41, 5.74) is 3.54. The molecule has 2 N–H and O–H groups in total. The minimum atomic E-state index is -4.55. The van der Waals surface area contributed by atoms with Crippen LogP contribution < -0.4 is 5.73 Å². The number of ketones is 1. The molecule has 20 heavy (non-hydrogen) atoms. The van der Waals surface area contributed by atoms with Crippen molar-refractivity contribution < 1.29 is 22.7 Å². The predicted molar refractivity (Wildman–Crippen MR) is 67.3 cm³/mol. The summed E-state index contributed by atoms with van der Waals surface area (Å²) < 4.78 is 44.2. The Morgan fingerprint density at radius 1 is 1.25 bits per heavy atom. The number of hydrogen-bond acceptors (Lipinski definition) is 3. The summed E-state index contributed by atoms with van der Waals surface area (Å²) in [6.45, 7) is 0.718. The molecule has 2 rings (SSSR count). The molecule has 1 aromatic carbocycles. The molecule has 0 bridgehead atoms. The zero-order valence-electron chi connectivity index (χ0n) is 10.9. The predicted octanol–water partition coefficient (Wildman–Crippen LogP) is 2.64. The van der Waals surface area contributed by atoms with E-state index in [1.165, 1.54) is 18.2 Å². The fourth-order valence-electron chi connectivity index (χ4n) is 2.50. The van der Waals surface area contributed by atoms with E-state index >= 15 is 0 Å². The molecule has 1 saturated heterocycles. The second-order valence-electron chi connectivity index (χ2n) is 4.97. The van der Waals surface area contributed by atoms with E-state index < -0.39 is 22.9 Å². The molecule has 0 amide bonds. The Morgan fingerprint density at radius 3 is 2.40 bits per heavy atom. The van der Waals surface area contributed by atoms with Crippen LogP contribution in [0.5, 0.6) is 0 Å². The number of halogens is 3. The summed E-state index contributed by atoms with van der Waals surface area (Å²) in [6, 6.07) is 4.86. The van der Waals surface area contributed by atoms with Gasteiger partial charge >= 0.3 is 6.18 Å². The Kier molecular flexibility index (Phi) is 4.15. The number of Topliss-reactive ketones (excluding diaryl/α,β-unsaturated/α-hetero) is 1. The van der Waals surface area contributed by atoms with Crippen molar-refractivity contribution in [1.82, 2.24) is 0 Å². The van der Waals surface area contributed by atoms with E-state index in [1.54, 1.807) is 0 Å². The van der Waals surface area contributed by atoms with Gasteiger partial charge in [0.2, 0.25) is 0 Å². The minimum absolute atomic E-state index is 0.0292. The Bertz CT molecular complexity index is 493.